The Kier molecular flexibility index (Phi) is 10.4. The molecule has 1 N–H and O–H groups in total. The van der Waals surface area contributed by atoms with Crippen molar-refractivity contribution in [3.63, 3.8) is 0 Å². The molecule has 1 aromatic rings. The second kappa shape index (κ2) is 12.0. The Morgan fingerprint density at radius 1 is 1.11 bits per heavy atom. The third kappa shape index (κ3) is 6.51. The van der Waals surface area contributed by atoms with Gasteiger partial charge in [-0.3, -0.25) is 9.59 Å². The van der Waals surface area contributed by atoms with Gasteiger partial charge in [-0.1, -0.05) is 19.9 Å². The average molecular weight is 396 g/mol. The lowest BCUT2D eigenvalue weighted by atomic mass is 9.96. The summed E-state index contributed by atoms with van der Waals surface area (Å²) < 4.78 is 0. The number of carbonyl (C=O) groups is 2. The zero-order valence-electron chi connectivity index (χ0n) is 16.9. The lowest BCUT2D eigenvalue weighted by molar-refractivity contribution is 0.0691. The van der Waals surface area contributed by atoms with Gasteiger partial charge in [-0.25, -0.2) is 0 Å². The highest BCUT2D eigenvalue weighted by Gasteiger charge is 2.24. The molecular weight excluding hydrogens is 362 g/mol. The van der Waals surface area contributed by atoms with Crippen LogP contribution in [-0.2, 0) is 0 Å². The average Bonchev–Trinajstić information content (AvgIpc) is 2.67. The van der Waals surface area contributed by atoms with Crippen LogP contribution >= 0.6 is 12.4 Å². The number of benzene rings is 1. The second-order valence-electron chi connectivity index (χ2n) is 7.17. The quantitative estimate of drug-likeness (QED) is 0.733. The molecule has 0 saturated carbocycles. The molecule has 27 heavy (non-hydrogen) atoms. The number of hydrogen-bond acceptors (Lipinski definition) is 3. The number of piperidine rings is 1. The van der Waals surface area contributed by atoms with E-state index in [1.54, 1.807) is 6.07 Å². The molecule has 0 bridgehead atoms. The molecule has 1 saturated heterocycles. The maximum atomic E-state index is 12.8. The molecule has 0 atom stereocenters. The first-order valence-corrected chi connectivity index (χ1v) is 9.93. The third-order valence-electron chi connectivity index (χ3n) is 5.03. The molecule has 5 nitrogen and oxygen atoms in total. The van der Waals surface area contributed by atoms with Gasteiger partial charge in [0.25, 0.3) is 11.8 Å². The Balaban J connectivity index is 0.00000364. The van der Waals surface area contributed by atoms with Gasteiger partial charge in [0.1, 0.15) is 0 Å². The number of amides is 2. The summed E-state index contributed by atoms with van der Waals surface area (Å²) in [4.78, 5) is 29.4. The maximum Gasteiger partial charge on any atom is 0.253 e. The van der Waals surface area contributed by atoms with Crippen LogP contribution in [-0.4, -0.2) is 61.4 Å². The Hall–Kier alpha value is -1.59. The van der Waals surface area contributed by atoms with Crippen LogP contribution in [0.2, 0.25) is 0 Å². The second-order valence-corrected chi connectivity index (χ2v) is 7.17. The number of rotatable bonds is 8. The fourth-order valence-corrected chi connectivity index (χ4v) is 3.63. The van der Waals surface area contributed by atoms with Crippen molar-refractivity contribution in [1.29, 1.82) is 0 Å². The first kappa shape index (κ1) is 23.4. The van der Waals surface area contributed by atoms with Crippen LogP contribution in [0.1, 0.15) is 60.2 Å². The van der Waals surface area contributed by atoms with Gasteiger partial charge >= 0.3 is 0 Å². The highest BCUT2D eigenvalue weighted by atomic mass is 35.5. The smallest absolute Gasteiger partial charge is 0.253 e. The van der Waals surface area contributed by atoms with E-state index in [2.05, 4.69) is 19.2 Å². The van der Waals surface area contributed by atoms with E-state index in [4.69, 9.17) is 0 Å². The van der Waals surface area contributed by atoms with Crippen LogP contribution in [0.3, 0.4) is 0 Å². The third-order valence-corrected chi connectivity index (χ3v) is 5.03. The molecule has 1 heterocycles. The highest BCUT2D eigenvalue weighted by Crippen LogP contribution is 2.19. The van der Waals surface area contributed by atoms with E-state index in [1.807, 2.05) is 35.0 Å². The molecular formula is C21H34ClN3O2. The first-order valence-electron chi connectivity index (χ1n) is 9.93. The van der Waals surface area contributed by atoms with Crippen molar-refractivity contribution in [3.8, 4) is 0 Å². The summed E-state index contributed by atoms with van der Waals surface area (Å²) in [5.41, 5.74) is 1.23. The minimum atomic E-state index is 0. The van der Waals surface area contributed by atoms with E-state index < -0.39 is 0 Å². The molecule has 0 spiro atoms. The monoisotopic (exact) mass is 395 g/mol. The molecule has 1 fully saturated rings. The fraction of sp³-hybridized carbons (Fsp3) is 0.619. The Labute approximate surface area is 169 Å². The largest absolute Gasteiger partial charge is 0.339 e. The molecule has 2 amide bonds. The summed E-state index contributed by atoms with van der Waals surface area (Å²) in [5.74, 6) is 0.713. The van der Waals surface area contributed by atoms with E-state index in [9.17, 15) is 9.59 Å². The van der Waals surface area contributed by atoms with Crippen LogP contribution < -0.4 is 5.32 Å². The lowest BCUT2D eigenvalue weighted by Crippen LogP contribution is -2.40. The molecule has 0 radical (unpaired) electrons. The van der Waals surface area contributed by atoms with Crippen molar-refractivity contribution >= 4 is 24.2 Å². The first-order chi connectivity index (χ1) is 12.6. The topological polar surface area (TPSA) is 52.7 Å². The predicted octanol–water partition coefficient (Wildman–Crippen LogP) is 3.44. The van der Waals surface area contributed by atoms with E-state index >= 15 is 0 Å². The summed E-state index contributed by atoms with van der Waals surface area (Å²) >= 11 is 0. The Morgan fingerprint density at radius 3 is 2.26 bits per heavy atom. The Morgan fingerprint density at radius 2 is 1.70 bits per heavy atom. The number of nitrogens with zero attached hydrogens (tertiary/aromatic N) is 2. The van der Waals surface area contributed by atoms with Gasteiger partial charge < -0.3 is 15.1 Å². The van der Waals surface area contributed by atoms with E-state index in [1.165, 1.54) is 0 Å². The minimum absolute atomic E-state index is 0. The maximum absolute atomic E-state index is 12.8. The standard InChI is InChI=1S/C21H33N3O2.ClH/c1-4-11-23(12-5-2)20(25)18-7-6-8-19(15-18)21(26)24-13-9-17(10-14-24)16-22-3;/h6-8,15,17,22H,4-5,9-14,16H2,1-3H3;1H. The van der Waals surface area contributed by atoms with Gasteiger partial charge in [-0.05, 0) is 63.4 Å². The molecule has 0 aliphatic carbocycles. The Bertz CT molecular complexity index is 595. The zero-order valence-corrected chi connectivity index (χ0v) is 17.7. The van der Waals surface area contributed by atoms with Gasteiger partial charge in [-0.15, -0.1) is 12.4 Å². The highest BCUT2D eigenvalue weighted by molar-refractivity contribution is 5.99. The number of hydrogen-bond donors (Lipinski definition) is 1. The van der Waals surface area contributed by atoms with Gasteiger partial charge in [0, 0.05) is 37.3 Å². The van der Waals surface area contributed by atoms with Crippen molar-refractivity contribution in [3.05, 3.63) is 35.4 Å². The van der Waals surface area contributed by atoms with Gasteiger partial charge in [-0.2, -0.15) is 0 Å². The van der Waals surface area contributed by atoms with Crippen molar-refractivity contribution in [1.82, 2.24) is 15.1 Å². The van der Waals surface area contributed by atoms with Crippen molar-refractivity contribution in [2.45, 2.75) is 39.5 Å². The number of carbonyl (C=O) groups excluding carboxylic acids is 2. The van der Waals surface area contributed by atoms with Crippen molar-refractivity contribution in [2.24, 2.45) is 5.92 Å². The van der Waals surface area contributed by atoms with E-state index in [0.717, 1.165) is 58.4 Å². The summed E-state index contributed by atoms with van der Waals surface area (Å²) in [5, 5.41) is 3.22. The SMILES string of the molecule is CCCN(CCC)C(=O)c1cccc(C(=O)N2CCC(CNC)CC2)c1.Cl. The minimum Gasteiger partial charge on any atom is -0.339 e. The fourth-order valence-electron chi connectivity index (χ4n) is 3.63. The molecule has 0 aromatic heterocycles. The molecule has 6 heteroatoms. The van der Waals surface area contributed by atoms with Crippen LogP contribution in [0.5, 0.6) is 0 Å². The summed E-state index contributed by atoms with van der Waals surface area (Å²) in [7, 11) is 1.97. The van der Waals surface area contributed by atoms with Crippen molar-refractivity contribution < 1.29 is 9.59 Å². The van der Waals surface area contributed by atoms with Crippen LogP contribution in [0.4, 0.5) is 0 Å². The molecule has 1 aliphatic rings. The zero-order chi connectivity index (χ0) is 18.9. The summed E-state index contributed by atoms with van der Waals surface area (Å²) in [6.07, 6.45) is 3.94. The molecule has 2 rings (SSSR count). The normalized spacial score (nSPS) is 14.6. The van der Waals surface area contributed by atoms with Crippen molar-refractivity contribution in [2.75, 3.05) is 39.8 Å². The predicted molar refractivity (Wildman–Crippen MR) is 113 cm³/mol. The van der Waals surface area contributed by atoms with E-state index in [0.29, 0.717) is 17.0 Å². The molecule has 152 valence electrons. The number of likely N-dealkylation sites (tertiary alicyclic amines) is 1. The van der Waals surface area contributed by atoms with E-state index in [-0.39, 0.29) is 24.2 Å². The van der Waals surface area contributed by atoms with Gasteiger partial charge in [0.05, 0.1) is 0 Å². The van der Waals surface area contributed by atoms with Crippen LogP contribution in [0.15, 0.2) is 24.3 Å². The summed E-state index contributed by atoms with van der Waals surface area (Å²) in [6, 6.07) is 7.23. The number of halogens is 1. The molecule has 1 aromatic carbocycles. The van der Waals surface area contributed by atoms with Crippen LogP contribution in [0.25, 0.3) is 0 Å². The number of nitrogens with one attached hydrogen (secondary N) is 1. The summed E-state index contributed by atoms with van der Waals surface area (Å²) in [6.45, 7) is 8.26. The molecule has 0 unspecified atom stereocenters. The molecule has 1 aliphatic heterocycles. The van der Waals surface area contributed by atoms with Gasteiger partial charge in [0.2, 0.25) is 0 Å². The van der Waals surface area contributed by atoms with Gasteiger partial charge in [0.15, 0.2) is 0 Å². The lowest BCUT2D eigenvalue weighted by Gasteiger charge is -2.32. The van der Waals surface area contributed by atoms with Crippen LogP contribution in [0, 0.1) is 5.92 Å².